The largest absolute Gasteiger partial charge is 0.463 e. The van der Waals surface area contributed by atoms with Gasteiger partial charge in [-0.05, 0) is 19.4 Å². The second-order valence-electron chi connectivity index (χ2n) is 5.96. The van der Waals surface area contributed by atoms with E-state index in [4.69, 9.17) is 4.74 Å². The first-order chi connectivity index (χ1) is 9.45. The molecular formula is C16H31IO2Si. The van der Waals surface area contributed by atoms with E-state index in [9.17, 15) is 4.79 Å². The molecule has 0 unspecified atom stereocenters. The van der Waals surface area contributed by atoms with E-state index in [1.54, 1.807) is 6.08 Å². The van der Waals surface area contributed by atoms with Crippen LogP contribution in [0.3, 0.4) is 0 Å². The zero-order valence-corrected chi connectivity index (χ0v) is 16.6. The predicted molar refractivity (Wildman–Crippen MR) is 99.0 cm³/mol. The molecule has 0 aliphatic heterocycles. The number of hydrogen-bond donors (Lipinski definition) is 0. The number of carbonyl (C=O) groups excluding carboxylic acids is 1. The van der Waals surface area contributed by atoms with Crippen LogP contribution in [0.1, 0.15) is 58.3 Å². The maximum absolute atomic E-state index is 11.0. The van der Waals surface area contributed by atoms with Crippen molar-refractivity contribution in [2.75, 3.05) is 6.61 Å². The molecule has 0 bridgehead atoms. The third-order valence-corrected chi connectivity index (χ3v) is 6.37. The third kappa shape index (κ3) is 16.2. The average molecular weight is 410 g/mol. The average Bonchev–Trinajstić information content (AvgIpc) is 2.35. The highest BCUT2D eigenvalue weighted by molar-refractivity contribution is 14.1. The SMILES string of the molecule is CC=CC(=O)OCCCCCCCCCC[Si](C)(C)I. The van der Waals surface area contributed by atoms with Gasteiger partial charge in [0.15, 0.2) is 0 Å². The number of unbranched alkanes of at least 4 members (excludes halogenated alkanes) is 7. The molecule has 0 aliphatic carbocycles. The Kier molecular flexibility index (Phi) is 13.0. The van der Waals surface area contributed by atoms with Crippen LogP contribution in [0.15, 0.2) is 12.2 Å². The lowest BCUT2D eigenvalue weighted by molar-refractivity contribution is -0.137. The van der Waals surface area contributed by atoms with Gasteiger partial charge < -0.3 is 4.74 Å². The van der Waals surface area contributed by atoms with Crippen molar-refractivity contribution in [3.8, 4) is 0 Å². The smallest absolute Gasteiger partial charge is 0.330 e. The van der Waals surface area contributed by atoms with Crippen molar-refractivity contribution in [2.24, 2.45) is 0 Å². The fourth-order valence-corrected chi connectivity index (χ4v) is 4.30. The molecule has 0 heterocycles. The number of esters is 1. The zero-order chi connectivity index (χ0) is 15.3. The Labute approximate surface area is 139 Å². The minimum Gasteiger partial charge on any atom is -0.463 e. The number of carbonyl (C=O) groups is 1. The molecule has 0 aromatic heterocycles. The fraction of sp³-hybridized carbons (Fsp3) is 0.812. The monoisotopic (exact) mass is 410 g/mol. The van der Waals surface area contributed by atoms with E-state index >= 15 is 0 Å². The molecule has 0 saturated carbocycles. The Hall–Kier alpha value is 0.157. The summed E-state index contributed by atoms with van der Waals surface area (Å²) in [4.78, 5) is 11.0. The van der Waals surface area contributed by atoms with Crippen LogP contribution in [0, 0.1) is 0 Å². The quantitative estimate of drug-likeness (QED) is 0.101. The van der Waals surface area contributed by atoms with E-state index < -0.39 is 5.57 Å². The van der Waals surface area contributed by atoms with E-state index in [0.717, 1.165) is 6.42 Å². The molecule has 0 spiro atoms. The van der Waals surface area contributed by atoms with Crippen molar-refractivity contribution >= 4 is 33.3 Å². The Bertz CT molecular complexity index is 272. The van der Waals surface area contributed by atoms with Gasteiger partial charge in [-0.1, -0.05) is 64.1 Å². The minimum atomic E-state index is -0.839. The molecule has 0 aromatic rings. The van der Waals surface area contributed by atoms with Crippen LogP contribution in [0.5, 0.6) is 0 Å². The second-order valence-corrected chi connectivity index (χ2v) is 18.7. The second kappa shape index (κ2) is 12.9. The van der Waals surface area contributed by atoms with Crippen molar-refractivity contribution in [3.05, 3.63) is 12.2 Å². The summed E-state index contributed by atoms with van der Waals surface area (Å²) in [5.41, 5.74) is -0.839. The maximum Gasteiger partial charge on any atom is 0.330 e. The van der Waals surface area contributed by atoms with Gasteiger partial charge in [0.1, 0.15) is 5.57 Å². The van der Waals surface area contributed by atoms with Crippen molar-refractivity contribution < 1.29 is 9.53 Å². The van der Waals surface area contributed by atoms with Gasteiger partial charge in [0.05, 0.1) is 6.61 Å². The molecule has 0 rings (SSSR count). The molecule has 0 aliphatic rings. The normalized spacial score (nSPS) is 12.0. The molecule has 20 heavy (non-hydrogen) atoms. The van der Waals surface area contributed by atoms with Crippen molar-refractivity contribution in [1.82, 2.24) is 0 Å². The number of ether oxygens (including phenoxy) is 1. The fourth-order valence-electron chi connectivity index (χ4n) is 2.07. The van der Waals surface area contributed by atoms with Crippen LogP contribution in [-0.2, 0) is 9.53 Å². The molecule has 0 amide bonds. The van der Waals surface area contributed by atoms with E-state index in [-0.39, 0.29) is 5.97 Å². The Morgan fingerprint density at radius 1 is 1.00 bits per heavy atom. The predicted octanol–water partition coefficient (Wildman–Crippen LogP) is 5.87. The standard InChI is InChI=1S/C16H31IO2Si/c1-4-13-16(18)19-14-11-9-7-5-6-8-10-12-15-20(2,3)17/h4,13H,5-12,14-15H2,1-3H3. The molecule has 0 aromatic carbocycles. The van der Waals surface area contributed by atoms with E-state index in [2.05, 4.69) is 34.9 Å². The first kappa shape index (κ1) is 20.2. The Balaban J connectivity index is 3.16. The molecule has 2 nitrogen and oxygen atoms in total. The summed E-state index contributed by atoms with van der Waals surface area (Å²) in [5, 5.41) is 0. The summed E-state index contributed by atoms with van der Waals surface area (Å²) < 4.78 is 5.05. The van der Waals surface area contributed by atoms with E-state index in [0.29, 0.717) is 6.61 Å². The van der Waals surface area contributed by atoms with Crippen LogP contribution in [0.4, 0.5) is 0 Å². The van der Waals surface area contributed by atoms with Gasteiger partial charge in [0.2, 0.25) is 0 Å². The van der Waals surface area contributed by atoms with Gasteiger partial charge in [-0.2, -0.15) is 0 Å². The lowest BCUT2D eigenvalue weighted by Crippen LogP contribution is -2.13. The third-order valence-electron chi connectivity index (χ3n) is 3.21. The van der Waals surface area contributed by atoms with E-state index in [1.165, 1.54) is 57.1 Å². The molecule has 0 atom stereocenters. The summed E-state index contributed by atoms with van der Waals surface area (Å²) in [6.45, 7) is 7.27. The molecule has 4 heteroatoms. The van der Waals surface area contributed by atoms with Gasteiger partial charge in [0.25, 0.3) is 0 Å². The van der Waals surface area contributed by atoms with Crippen LogP contribution in [0.2, 0.25) is 19.1 Å². The van der Waals surface area contributed by atoms with Gasteiger partial charge in [0, 0.05) is 6.08 Å². The number of allylic oxidation sites excluding steroid dienone is 1. The first-order valence-corrected chi connectivity index (χ1v) is 14.3. The van der Waals surface area contributed by atoms with Gasteiger partial charge >= 0.3 is 5.97 Å². The lowest BCUT2D eigenvalue weighted by atomic mass is 10.1. The van der Waals surface area contributed by atoms with Crippen LogP contribution >= 0.6 is 21.8 Å². The molecule has 0 saturated heterocycles. The highest BCUT2D eigenvalue weighted by Crippen LogP contribution is 2.21. The summed E-state index contributed by atoms with van der Waals surface area (Å²) in [7, 11) is 0. The first-order valence-electron chi connectivity index (χ1n) is 7.94. The number of halogens is 1. The molecule has 0 radical (unpaired) electrons. The molecule has 118 valence electrons. The van der Waals surface area contributed by atoms with Gasteiger partial charge in [-0.25, -0.2) is 4.79 Å². The van der Waals surface area contributed by atoms with Crippen molar-refractivity contribution in [3.63, 3.8) is 0 Å². The number of rotatable bonds is 12. The molecular weight excluding hydrogens is 379 g/mol. The molecule has 0 N–H and O–H groups in total. The summed E-state index contributed by atoms with van der Waals surface area (Å²) in [5.74, 6) is -0.214. The highest BCUT2D eigenvalue weighted by atomic mass is 127. The Morgan fingerprint density at radius 3 is 2.00 bits per heavy atom. The van der Waals surface area contributed by atoms with Crippen LogP contribution in [-0.4, -0.2) is 18.1 Å². The van der Waals surface area contributed by atoms with Crippen LogP contribution < -0.4 is 0 Å². The van der Waals surface area contributed by atoms with E-state index in [1.807, 2.05) is 6.92 Å². The zero-order valence-electron chi connectivity index (χ0n) is 13.4. The topological polar surface area (TPSA) is 26.3 Å². The van der Waals surface area contributed by atoms with Crippen LogP contribution in [0.25, 0.3) is 0 Å². The highest BCUT2D eigenvalue weighted by Gasteiger charge is 2.14. The summed E-state index contributed by atoms with van der Waals surface area (Å²) in [6, 6.07) is 1.46. The summed E-state index contributed by atoms with van der Waals surface area (Å²) >= 11 is 2.67. The van der Waals surface area contributed by atoms with Crippen molar-refractivity contribution in [2.45, 2.75) is 77.4 Å². The van der Waals surface area contributed by atoms with Gasteiger partial charge in [-0.15, -0.1) is 21.8 Å². The minimum absolute atomic E-state index is 0.214. The lowest BCUT2D eigenvalue weighted by Gasteiger charge is -2.12. The number of hydrogen-bond acceptors (Lipinski definition) is 2. The summed E-state index contributed by atoms with van der Waals surface area (Å²) in [6.07, 6.45) is 13.5. The van der Waals surface area contributed by atoms with Gasteiger partial charge in [-0.3, -0.25) is 0 Å². The van der Waals surface area contributed by atoms with Crippen molar-refractivity contribution in [1.29, 1.82) is 0 Å². The Morgan fingerprint density at radius 2 is 1.50 bits per heavy atom. The molecule has 0 fully saturated rings. The maximum atomic E-state index is 11.0.